The zero-order valence-electron chi connectivity index (χ0n) is 13.7. The number of rotatable bonds is 3. The summed E-state index contributed by atoms with van der Waals surface area (Å²) in [6, 6.07) is 4.27. The fraction of sp³-hybridized carbons (Fsp3) is 0.529. The standard InChI is InChI=1S/C17H24N4O/c1-16(2)9-13(10-17(3,4)22-16)20-14-11-19-21(12-14)15-5-7-18-8-6-15/h5-8,11-13,20H,9-10H2,1-4H3. The lowest BCUT2D eigenvalue weighted by Gasteiger charge is -2.45. The molecule has 3 heterocycles. The van der Waals surface area contributed by atoms with Gasteiger partial charge < -0.3 is 10.1 Å². The van der Waals surface area contributed by atoms with Crippen LogP contribution >= 0.6 is 0 Å². The molecular weight excluding hydrogens is 276 g/mol. The van der Waals surface area contributed by atoms with Gasteiger partial charge in [0.05, 0.1) is 35.0 Å². The van der Waals surface area contributed by atoms with E-state index in [1.165, 1.54) is 0 Å². The van der Waals surface area contributed by atoms with Crippen LogP contribution in [0.2, 0.25) is 0 Å². The molecule has 0 spiro atoms. The third-order valence-corrected chi connectivity index (χ3v) is 3.91. The molecule has 1 aliphatic rings. The lowest BCUT2D eigenvalue weighted by molar-refractivity contribution is -0.158. The van der Waals surface area contributed by atoms with Crippen molar-refractivity contribution in [2.24, 2.45) is 0 Å². The fourth-order valence-corrected chi connectivity index (χ4v) is 3.46. The van der Waals surface area contributed by atoms with Crippen molar-refractivity contribution in [2.75, 3.05) is 5.32 Å². The normalized spacial score (nSPS) is 20.7. The van der Waals surface area contributed by atoms with Crippen molar-refractivity contribution >= 4 is 5.69 Å². The molecule has 22 heavy (non-hydrogen) atoms. The van der Waals surface area contributed by atoms with Crippen LogP contribution in [0.15, 0.2) is 36.9 Å². The molecular formula is C17H24N4O. The predicted octanol–water partition coefficient (Wildman–Crippen LogP) is 3.42. The Morgan fingerprint density at radius 3 is 2.41 bits per heavy atom. The van der Waals surface area contributed by atoms with Gasteiger partial charge in [-0.3, -0.25) is 4.98 Å². The van der Waals surface area contributed by atoms with E-state index in [0.717, 1.165) is 24.2 Å². The average Bonchev–Trinajstić information content (AvgIpc) is 2.84. The maximum atomic E-state index is 6.14. The van der Waals surface area contributed by atoms with Gasteiger partial charge in [-0.05, 0) is 52.7 Å². The van der Waals surface area contributed by atoms with E-state index in [9.17, 15) is 0 Å². The smallest absolute Gasteiger partial charge is 0.0733 e. The number of aromatic nitrogens is 3. The lowest BCUT2D eigenvalue weighted by atomic mass is 9.85. The second kappa shape index (κ2) is 5.39. The molecule has 118 valence electrons. The van der Waals surface area contributed by atoms with Crippen LogP contribution in [0.5, 0.6) is 0 Å². The molecule has 3 rings (SSSR count). The molecule has 0 bridgehead atoms. The van der Waals surface area contributed by atoms with Crippen molar-refractivity contribution < 1.29 is 4.74 Å². The summed E-state index contributed by atoms with van der Waals surface area (Å²) in [5, 5.41) is 8.02. The van der Waals surface area contributed by atoms with E-state index in [1.54, 1.807) is 12.4 Å². The number of ether oxygens (including phenoxy) is 1. The molecule has 5 heteroatoms. The Balaban J connectivity index is 1.73. The molecule has 5 nitrogen and oxygen atoms in total. The zero-order valence-corrected chi connectivity index (χ0v) is 13.7. The topological polar surface area (TPSA) is 52.0 Å². The summed E-state index contributed by atoms with van der Waals surface area (Å²) in [5.41, 5.74) is 1.83. The minimum Gasteiger partial charge on any atom is -0.380 e. The Bertz CT molecular complexity index is 617. The second-order valence-electron chi connectivity index (χ2n) is 7.25. The van der Waals surface area contributed by atoms with Crippen molar-refractivity contribution in [3.05, 3.63) is 36.9 Å². The van der Waals surface area contributed by atoms with Crippen LogP contribution in [0.3, 0.4) is 0 Å². The number of hydrogen-bond acceptors (Lipinski definition) is 4. The summed E-state index contributed by atoms with van der Waals surface area (Å²) in [5.74, 6) is 0. The van der Waals surface area contributed by atoms with Crippen molar-refractivity contribution in [1.29, 1.82) is 0 Å². The first-order valence-corrected chi connectivity index (χ1v) is 7.75. The average molecular weight is 300 g/mol. The van der Waals surface area contributed by atoms with E-state index in [4.69, 9.17) is 4.74 Å². The number of hydrogen-bond donors (Lipinski definition) is 1. The molecule has 1 fully saturated rings. The SMILES string of the molecule is CC1(C)CC(Nc2cnn(-c3ccncc3)c2)CC(C)(C)O1. The molecule has 0 saturated carbocycles. The van der Waals surface area contributed by atoms with E-state index in [1.807, 2.05) is 29.2 Å². The molecule has 1 saturated heterocycles. The molecule has 0 aromatic carbocycles. The van der Waals surface area contributed by atoms with E-state index in [2.05, 4.69) is 43.1 Å². The number of nitrogens with one attached hydrogen (secondary N) is 1. The Kier molecular flexibility index (Phi) is 3.68. The summed E-state index contributed by atoms with van der Waals surface area (Å²) in [6.07, 6.45) is 9.40. The molecule has 0 unspecified atom stereocenters. The largest absolute Gasteiger partial charge is 0.380 e. The second-order valence-corrected chi connectivity index (χ2v) is 7.25. The minimum atomic E-state index is -0.111. The van der Waals surface area contributed by atoms with E-state index in [0.29, 0.717) is 6.04 Å². The molecule has 0 amide bonds. The van der Waals surface area contributed by atoms with Gasteiger partial charge in [0, 0.05) is 18.4 Å². The first kappa shape index (κ1) is 15.0. The molecule has 2 aromatic heterocycles. The number of nitrogens with zero attached hydrogens (tertiary/aromatic N) is 3. The third kappa shape index (κ3) is 3.47. The summed E-state index contributed by atoms with van der Waals surface area (Å²) in [4.78, 5) is 4.03. The Labute approximate surface area is 131 Å². The highest BCUT2D eigenvalue weighted by Crippen LogP contribution is 2.36. The van der Waals surface area contributed by atoms with Crippen LogP contribution in [-0.4, -0.2) is 32.0 Å². The van der Waals surface area contributed by atoms with Gasteiger partial charge in [0.2, 0.25) is 0 Å². The fourth-order valence-electron chi connectivity index (χ4n) is 3.46. The van der Waals surface area contributed by atoms with Crippen LogP contribution in [-0.2, 0) is 4.74 Å². The van der Waals surface area contributed by atoms with Crippen molar-refractivity contribution in [2.45, 2.75) is 57.8 Å². The Morgan fingerprint density at radius 1 is 1.14 bits per heavy atom. The van der Waals surface area contributed by atoms with Crippen molar-refractivity contribution in [3.8, 4) is 5.69 Å². The Morgan fingerprint density at radius 2 is 1.77 bits per heavy atom. The maximum Gasteiger partial charge on any atom is 0.0733 e. The van der Waals surface area contributed by atoms with Crippen molar-refractivity contribution in [1.82, 2.24) is 14.8 Å². The molecule has 0 atom stereocenters. The zero-order chi connectivity index (χ0) is 15.8. The van der Waals surface area contributed by atoms with Gasteiger partial charge in [-0.2, -0.15) is 5.10 Å². The summed E-state index contributed by atoms with van der Waals surface area (Å²) < 4.78 is 8.00. The van der Waals surface area contributed by atoms with Crippen LogP contribution in [0, 0.1) is 0 Å². The maximum absolute atomic E-state index is 6.14. The van der Waals surface area contributed by atoms with E-state index in [-0.39, 0.29) is 11.2 Å². The van der Waals surface area contributed by atoms with Gasteiger partial charge in [0.25, 0.3) is 0 Å². The van der Waals surface area contributed by atoms with Gasteiger partial charge in [-0.15, -0.1) is 0 Å². The molecule has 1 N–H and O–H groups in total. The number of pyridine rings is 1. The van der Waals surface area contributed by atoms with Crippen LogP contribution in [0.1, 0.15) is 40.5 Å². The molecule has 0 aliphatic carbocycles. The number of anilines is 1. The summed E-state index contributed by atoms with van der Waals surface area (Å²) >= 11 is 0. The van der Waals surface area contributed by atoms with Gasteiger partial charge in [-0.1, -0.05) is 0 Å². The molecule has 2 aromatic rings. The third-order valence-electron chi connectivity index (χ3n) is 3.91. The first-order chi connectivity index (χ1) is 10.3. The van der Waals surface area contributed by atoms with Crippen LogP contribution in [0.25, 0.3) is 5.69 Å². The minimum absolute atomic E-state index is 0.111. The molecule has 1 aliphatic heterocycles. The van der Waals surface area contributed by atoms with E-state index >= 15 is 0 Å². The summed E-state index contributed by atoms with van der Waals surface area (Å²) in [6.45, 7) is 8.62. The highest BCUT2D eigenvalue weighted by Gasteiger charge is 2.39. The monoisotopic (exact) mass is 300 g/mol. The Hall–Kier alpha value is -1.88. The van der Waals surface area contributed by atoms with Crippen LogP contribution in [0.4, 0.5) is 5.69 Å². The van der Waals surface area contributed by atoms with Gasteiger partial charge in [-0.25, -0.2) is 4.68 Å². The van der Waals surface area contributed by atoms with Crippen molar-refractivity contribution in [3.63, 3.8) is 0 Å². The highest BCUT2D eigenvalue weighted by atomic mass is 16.5. The predicted molar refractivity (Wildman–Crippen MR) is 87.2 cm³/mol. The summed E-state index contributed by atoms with van der Waals surface area (Å²) in [7, 11) is 0. The van der Waals surface area contributed by atoms with Gasteiger partial charge in [0.1, 0.15) is 0 Å². The van der Waals surface area contributed by atoms with E-state index < -0.39 is 0 Å². The molecule has 0 radical (unpaired) electrons. The van der Waals surface area contributed by atoms with Crippen LogP contribution < -0.4 is 5.32 Å². The quantitative estimate of drug-likeness (QED) is 0.943. The first-order valence-electron chi connectivity index (χ1n) is 7.75. The highest BCUT2D eigenvalue weighted by molar-refractivity contribution is 5.43. The van der Waals surface area contributed by atoms with Gasteiger partial charge in [0.15, 0.2) is 0 Å². The lowest BCUT2D eigenvalue weighted by Crippen LogP contribution is -2.49. The van der Waals surface area contributed by atoms with Gasteiger partial charge >= 0.3 is 0 Å².